The van der Waals surface area contributed by atoms with E-state index in [4.69, 9.17) is 16.3 Å². The minimum atomic E-state index is -0.530. The maximum Gasteiger partial charge on any atom is 0.332 e. The molecule has 1 heterocycles. The number of hydrogen-bond acceptors (Lipinski definition) is 3. The largest absolute Gasteiger partial charge is 0.425 e. The maximum absolute atomic E-state index is 13.9. The summed E-state index contributed by atoms with van der Waals surface area (Å²) in [5, 5.41) is 0.296. The van der Waals surface area contributed by atoms with Gasteiger partial charge in [-0.05, 0) is 45.8 Å². The van der Waals surface area contributed by atoms with Gasteiger partial charge in [-0.15, -0.1) is 0 Å². The quantitative estimate of drug-likeness (QED) is 0.451. The van der Waals surface area contributed by atoms with Crippen molar-refractivity contribution in [1.82, 2.24) is 9.13 Å². The number of carbonyl (C=O) groups excluding carboxylic acids is 1. The van der Waals surface area contributed by atoms with E-state index in [0.717, 1.165) is 0 Å². The number of ether oxygens (including phenoxy) is 1. The van der Waals surface area contributed by atoms with E-state index in [2.05, 4.69) is 15.9 Å². The third-order valence-corrected chi connectivity index (χ3v) is 4.61. The average molecular weight is 440 g/mol. The van der Waals surface area contributed by atoms with Crippen LogP contribution in [0.3, 0.4) is 0 Å². The molecular formula is C18H13BrClFN2O3. The van der Waals surface area contributed by atoms with Crippen LogP contribution in [0.25, 0.3) is 16.8 Å². The summed E-state index contributed by atoms with van der Waals surface area (Å²) in [6, 6.07) is 7.37. The molecule has 1 aromatic heterocycles. The van der Waals surface area contributed by atoms with Gasteiger partial charge >= 0.3 is 11.7 Å². The van der Waals surface area contributed by atoms with Gasteiger partial charge in [0.1, 0.15) is 5.82 Å². The molecule has 3 aromatic rings. The number of aryl methyl sites for hydroxylation is 1. The first-order valence-electron chi connectivity index (χ1n) is 7.49. The highest BCUT2D eigenvalue weighted by atomic mass is 79.9. The average Bonchev–Trinajstić information content (AvgIpc) is 2.89. The molecule has 26 heavy (non-hydrogen) atoms. The molecule has 8 heteroatoms. The van der Waals surface area contributed by atoms with Crippen molar-refractivity contribution in [2.24, 2.45) is 7.05 Å². The van der Waals surface area contributed by atoms with Gasteiger partial charge < -0.3 is 9.30 Å². The normalized spacial score (nSPS) is 10.8. The molecule has 0 amide bonds. The molecule has 0 unspecified atom stereocenters. The van der Waals surface area contributed by atoms with E-state index in [-0.39, 0.29) is 11.4 Å². The van der Waals surface area contributed by atoms with Crippen LogP contribution in [0.4, 0.5) is 4.39 Å². The van der Waals surface area contributed by atoms with Gasteiger partial charge in [0.25, 0.3) is 0 Å². The van der Waals surface area contributed by atoms with Crippen LogP contribution in [0.15, 0.2) is 52.0 Å². The fourth-order valence-electron chi connectivity index (χ4n) is 2.54. The maximum atomic E-state index is 13.9. The van der Waals surface area contributed by atoms with Gasteiger partial charge in [-0.25, -0.2) is 9.18 Å². The smallest absolute Gasteiger partial charge is 0.332 e. The first-order valence-corrected chi connectivity index (χ1v) is 8.66. The lowest BCUT2D eigenvalue weighted by atomic mass is 10.0. The van der Waals surface area contributed by atoms with Crippen molar-refractivity contribution in [1.29, 1.82) is 0 Å². The molecule has 0 saturated carbocycles. The Bertz CT molecular complexity index is 1070. The minimum absolute atomic E-state index is 0.194. The Morgan fingerprint density at radius 2 is 1.96 bits per heavy atom. The number of benzene rings is 2. The van der Waals surface area contributed by atoms with E-state index in [0.29, 0.717) is 26.3 Å². The summed E-state index contributed by atoms with van der Waals surface area (Å²) in [5.74, 6) is -0.834. The van der Waals surface area contributed by atoms with E-state index < -0.39 is 11.8 Å². The molecule has 0 saturated heterocycles. The fourth-order valence-corrected chi connectivity index (χ4v) is 3.32. The Morgan fingerprint density at radius 3 is 2.54 bits per heavy atom. The molecule has 5 nitrogen and oxygen atoms in total. The van der Waals surface area contributed by atoms with E-state index in [9.17, 15) is 14.0 Å². The minimum Gasteiger partial charge on any atom is -0.425 e. The summed E-state index contributed by atoms with van der Waals surface area (Å²) in [6.45, 7) is 1.26. The van der Waals surface area contributed by atoms with Crippen LogP contribution in [0.1, 0.15) is 6.92 Å². The molecular weight excluding hydrogens is 427 g/mol. The number of hydrogen-bond donors (Lipinski definition) is 0. The Kier molecular flexibility index (Phi) is 5.02. The van der Waals surface area contributed by atoms with Gasteiger partial charge in [-0.1, -0.05) is 17.7 Å². The highest BCUT2D eigenvalue weighted by molar-refractivity contribution is 9.10. The van der Waals surface area contributed by atoms with Gasteiger partial charge in [-0.2, -0.15) is 0 Å². The standard InChI is InChI=1S/C18H13BrClFN2O3/c1-10(24)26-17-13(8-12(21)9-14(17)19)11-3-4-16(15(20)7-11)23-6-5-22(2)18(23)25/h3-9H,1-2H3. The molecule has 2 aromatic carbocycles. The number of esters is 1. The molecule has 134 valence electrons. The van der Waals surface area contributed by atoms with E-state index in [1.807, 2.05) is 0 Å². The summed E-state index contributed by atoms with van der Waals surface area (Å²) < 4.78 is 22.2. The molecule has 0 aliphatic rings. The third-order valence-electron chi connectivity index (χ3n) is 3.72. The number of rotatable bonds is 3. The van der Waals surface area contributed by atoms with Crippen molar-refractivity contribution in [3.05, 3.63) is 68.5 Å². The van der Waals surface area contributed by atoms with Gasteiger partial charge in [0, 0.05) is 31.9 Å². The fraction of sp³-hybridized carbons (Fsp3) is 0.111. The van der Waals surface area contributed by atoms with Crippen LogP contribution in [0, 0.1) is 5.82 Å². The summed E-state index contributed by atoms with van der Waals surface area (Å²) in [4.78, 5) is 23.5. The SMILES string of the molecule is CC(=O)Oc1c(Br)cc(F)cc1-c1ccc(-n2ccn(C)c2=O)c(Cl)c1. The zero-order valence-electron chi connectivity index (χ0n) is 13.8. The van der Waals surface area contributed by atoms with Crippen molar-refractivity contribution in [3.63, 3.8) is 0 Å². The summed E-state index contributed by atoms with van der Waals surface area (Å²) in [7, 11) is 1.64. The van der Waals surface area contributed by atoms with Gasteiger partial charge in [0.2, 0.25) is 0 Å². The molecule has 0 bridgehead atoms. The Labute approximate surface area is 161 Å². The number of halogens is 3. The highest BCUT2D eigenvalue weighted by Crippen LogP contribution is 2.39. The molecule has 0 radical (unpaired) electrons. The van der Waals surface area contributed by atoms with Gasteiger partial charge in [0.15, 0.2) is 5.75 Å². The van der Waals surface area contributed by atoms with Crippen molar-refractivity contribution in [2.45, 2.75) is 6.92 Å². The second kappa shape index (κ2) is 7.09. The second-order valence-corrected chi connectivity index (χ2v) is 6.85. The van der Waals surface area contributed by atoms with E-state index in [1.165, 1.54) is 28.2 Å². The monoisotopic (exact) mass is 438 g/mol. The number of imidazole rings is 1. The Morgan fingerprint density at radius 1 is 1.23 bits per heavy atom. The highest BCUT2D eigenvalue weighted by Gasteiger charge is 2.17. The van der Waals surface area contributed by atoms with Gasteiger partial charge in [0.05, 0.1) is 15.2 Å². The zero-order valence-corrected chi connectivity index (χ0v) is 16.1. The molecule has 0 aliphatic carbocycles. The van der Waals surface area contributed by atoms with Crippen LogP contribution >= 0.6 is 27.5 Å². The lowest BCUT2D eigenvalue weighted by Gasteiger charge is -2.13. The molecule has 0 atom stereocenters. The first-order chi connectivity index (χ1) is 12.3. The second-order valence-electron chi connectivity index (χ2n) is 5.59. The van der Waals surface area contributed by atoms with Crippen LogP contribution < -0.4 is 10.4 Å². The summed E-state index contributed by atoms with van der Waals surface area (Å²) >= 11 is 9.56. The number of carbonyl (C=O) groups is 1. The molecule has 3 rings (SSSR count). The molecule has 0 spiro atoms. The predicted molar refractivity (Wildman–Crippen MR) is 100 cm³/mol. The van der Waals surface area contributed by atoms with Crippen molar-refractivity contribution in [2.75, 3.05) is 0 Å². The summed E-state index contributed by atoms with van der Waals surface area (Å²) in [5.41, 5.74) is 1.15. The number of nitrogens with zero attached hydrogens (tertiary/aromatic N) is 2. The van der Waals surface area contributed by atoms with Crippen LogP contribution in [0.2, 0.25) is 5.02 Å². The van der Waals surface area contributed by atoms with Crippen LogP contribution in [0.5, 0.6) is 5.75 Å². The van der Waals surface area contributed by atoms with Crippen molar-refractivity contribution >= 4 is 33.5 Å². The molecule has 0 fully saturated rings. The lowest BCUT2D eigenvalue weighted by Crippen LogP contribution is -2.20. The van der Waals surface area contributed by atoms with E-state index >= 15 is 0 Å². The lowest BCUT2D eigenvalue weighted by molar-refractivity contribution is -0.131. The topological polar surface area (TPSA) is 53.2 Å². The van der Waals surface area contributed by atoms with Gasteiger partial charge in [-0.3, -0.25) is 9.36 Å². The third kappa shape index (κ3) is 3.45. The predicted octanol–water partition coefficient (Wildman–Crippen LogP) is 4.32. The van der Waals surface area contributed by atoms with Crippen molar-refractivity contribution in [3.8, 4) is 22.6 Å². The van der Waals surface area contributed by atoms with Crippen LogP contribution in [-0.2, 0) is 11.8 Å². The van der Waals surface area contributed by atoms with Crippen molar-refractivity contribution < 1.29 is 13.9 Å². The first kappa shape index (κ1) is 18.4. The summed E-state index contributed by atoms with van der Waals surface area (Å²) in [6.07, 6.45) is 3.22. The molecule has 0 N–H and O–H groups in total. The zero-order chi connectivity index (χ0) is 19.0. The Hall–Kier alpha value is -2.38. The van der Waals surface area contributed by atoms with E-state index in [1.54, 1.807) is 37.6 Å². The van der Waals surface area contributed by atoms with Crippen LogP contribution in [-0.4, -0.2) is 15.1 Å². The Balaban J connectivity index is 2.14. The molecule has 0 aliphatic heterocycles. The number of aromatic nitrogens is 2.